The maximum atomic E-state index is 13.5. The van der Waals surface area contributed by atoms with Gasteiger partial charge in [0.15, 0.2) is 17.5 Å². The number of ether oxygens (including phenoxy) is 1. The van der Waals surface area contributed by atoms with Gasteiger partial charge >= 0.3 is 17.9 Å². The molecule has 1 aromatic rings. The van der Waals surface area contributed by atoms with Crippen LogP contribution in [0.3, 0.4) is 0 Å². The molecule has 0 bridgehead atoms. The Morgan fingerprint density at radius 1 is 0.854 bits per heavy atom. The van der Waals surface area contributed by atoms with Crippen molar-refractivity contribution in [2.24, 2.45) is 22.0 Å². The van der Waals surface area contributed by atoms with E-state index in [0.717, 1.165) is 12.0 Å². The Hall–Kier alpha value is -3.48. The zero-order chi connectivity index (χ0) is 32.8. The molecule has 1 aliphatic rings. The lowest BCUT2D eigenvalue weighted by molar-refractivity contribution is -0.194. The number of benzene rings is 1. The Morgan fingerprint density at radius 2 is 1.32 bits per heavy atom. The predicted octanol–water partition coefficient (Wildman–Crippen LogP) is 5.57. The Morgan fingerprint density at radius 3 is 1.63 bits per heavy atom. The van der Waals surface area contributed by atoms with Crippen LogP contribution in [-0.4, -0.2) is 40.0 Å². The molecular formula is C28H40F4N2O7. The van der Waals surface area contributed by atoms with E-state index in [2.05, 4.69) is 11.3 Å². The smallest absolute Gasteiger partial charge is 0.338 e. The van der Waals surface area contributed by atoms with Crippen LogP contribution >= 0.6 is 0 Å². The minimum atomic E-state index is -1.87. The summed E-state index contributed by atoms with van der Waals surface area (Å²) >= 11 is 0. The van der Waals surface area contributed by atoms with Crippen LogP contribution in [0, 0.1) is 46.4 Å². The van der Waals surface area contributed by atoms with Crippen molar-refractivity contribution in [2.45, 2.75) is 88.1 Å². The molecule has 1 amide bonds. The summed E-state index contributed by atoms with van der Waals surface area (Å²) in [5.41, 5.74) is 3.12. The summed E-state index contributed by atoms with van der Waals surface area (Å²) in [6.07, 6.45) is 0.937. The number of halogens is 4. The van der Waals surface area contributed by atoms with E-state index in [1.807, 2.05) is 0 Å². The van der Waals surface area contributed by atoms with Crippen molar-refractivity contribution in [3.63, 3.8) is 0 Å². The number of hydrogen-bond donors (Lipinski definition) is 2. The van der Waals surface area contributed by atoms with Gasteiger partial charge in [0.05, 0.1) is 16.5 Å². The van der Waals surface area contributed by atoms with E-state index in [1.165, 1.54) is 20.8 Å². The van der Waals surface area contributed by atoms with E-state index in [9.17, 15) is 36.7 Å². The molecule has 1 saturated heterocycles. The van der Waals surface area contributed by atoms with Gasteiger partial charge in [-0.3, -0.25) is 14.4 Å². The number of aliphatic carboxylic acids is 1. The number of allylic oxidation sites excluding steroid dienone is 1. The molecule has 0 saturated carbocycles. The molecule has 41 heavy (non-hydrogen) atoms. The summed E-state index contributed by atoms with van der Waals surface area (Å²) in [6, 6.07) is -0.766. The Labute approximate surface area is 237 Å². The minimum Gasteiger partial charge on any atom is -0.480 e. The molecule has 0 aromatic heterocycles. The SMILES string of the molecule is C=C1CCC(=O)N1OC(=O)C(C)(C)C.CC(C)(C)C(N)C(=O)O.Cc1c(F)c(F)c(F)c(OC(=O)C(C)(C)C)c1F. The highest BCUT2D eigenvalue weighted by Gasteiger charge is 2.33. The van der Waals surface area contributed by atoms with Gasteiger partial charge in [-0.25, -0.2) is 18.0 Å². The Balaban J connectivity index is 0.000000620. The Kier molecular flexibility index (Phi) is 12.7. The van der Waals surface area contributed by atoms with Gasteiger partial charge in [0.2, 0.25) is 11.6 Å². The third-order valence-corrected chi connectivity index (χ3v) is 5.38. The van der Waals surface area contributed by atoms with Crippen molar-refractivity contribution in [3.05, 3.63) is 41.1 Å². The number of hydrogen-bond acceptors (Lipinski definition) is 7. The van der Waals surface area contributed by atoms with Crippen LogP contribution < -0.4 is 10.5 Å². The molecule has 2 rings (SSSR count). The number of amides is 1. The first kappa shape index (κ1) is 37.5. The largest absolute Gasteiger partial charge is 0.480 e. The fourth-order valence-corrected chi connectivity index (χ4v) is 2.40. The molecule has 0 radical (unpaired) electrons. The lowest BCUT2D eigenvalue weighted by Crippen LogP contribution is -2.41. The lowest BCUT2D eigenvalue weighted by Gasteiger charge is -2.22. The summed E-state index contributed by atoms with van der Waals surface area (Å²) in [5, 5.41) is 9.40. The molecule has 0 spiro atoms. The zero-order valence-electron chi connectivity index (χ0n) is 25.1. The second-order valence-electron chi connectivity index (χ2n) is 12.4. The van der Waals surface area contributed by atoms with Gasteiger partial charge in [-0.15, -0.1) is 5.06 Å². The number of nitrogens with zero attached hydrogens (tertiary/aromatic N) is 1. The average molecular weight is 593 g/mol. The number of carboxylic acids is 1. The monoisotopic (exact) mass is 592 g/mol. The van der Waals surface area contributed by atoms with Gasteiger partial charge in [-0.1, -0.05) is 27.4 Å². The molecule has 13 heteroatoms. The molecule has 1 unspecified atom stereocenters. The first-order valence-electron chi connectivity index (χ1n) is 12.5. The third-order valence-electron chi connectivity index (χ3n) is 5.38. The van der Waals surface area contributed by atoms with Crippen LogP contribution in [0.2, 0.25) is 0 Å². The van der Waals surface area contributed by atoms with Gasteiger partial charge in [0, 0.05) is 12.0 Å². The van der Waals surface area contributed by atoms with Gasteiger partial charge < -0.3 is 20.4 Å². The van der Waals surface area contributed by atoms with Crippen LogP contribution in [0.4, 0.5) is 17.6 Å². The topological polar surface area (TPSA) is 136 Å². The van der Waals surface area contributed by atoms with Crippen molar-refractivity contribution in [1.82, 2.24) is 5.06 Å². The maximum Gasteiger partial charge on any atom is 0.338 e. The van der Waals surface area contributed by atoms with Gasteiger partial charge in [-0.2, -0.15) is 4.39 Å². The highest BCUT2D eigenvalue weighted by atomic mass is 19.2. The number of carbonyl (C=O) groups excluding carboxylic acids is 3. The molecule has 9 nitrogen and oxygen atoms in total. The highest BCUT2D eigenvalue weighted by molar-refractivity contribution is 5.83. The van der Waals surface area contributed by atoms with Crippen molar-refractivity contribution >= 4 is 23.8 Å². The Bertz CT molecular complexity index is 1130. The number of esters is 1. The zero-order valence-corrected chi connectivity index (χ0v) is 25.1. The van der Waals surface area contributed by atoms with E-state index >= 15 is 0 Å². The second-order valence-corrected chi connectivity index (χ2v) is 12.4. The fourth-order valence-electron chi connectivity index (χ4n) is 2.40. The van der Waals surface area contributed by atoms with E-state index in [1.54, 1.807) is 41.5 Å². The van der Waals surface area contributed by atoms with Crippen molar-refractivity contribution < 1.29 is 51.4 Å². The van der Waals surface area contributed by atoms with Gasteiger partial charge in [0.1, 0.15) is 6.04 Å². The molecule has 1 heterocycles. The average Bonchev–Trinajstić information content (AvgIpc) is 3.14. The molecule has 1 aliphatic heterocycles. The number of carbonyl (C=O) groups is 4. The van der Waals surface area contributed by atoms with Crippen molar-refractivity contribution in [3.8, 4) is 5.75 Å². The minimum absolute atomic E-state index is 0.201. The van der Waals surface area contributed by atoms with E-state index in [-0.39, 0.29) is 11.3 Å². The van der Waals surface area contributed by atoms with Crippen LogP contribution in [0.25, 0.3) is 0 Å². The normalized spacial score (nSPS) is 14.4. The van der Waals surface area contributed by atoms with Crippen LogP contribution in [0.15, 0.2) is 12.3 Å². The number of rotatable bonds is 3. The first-order valence-corrected chi connectivity index (χ1v) is 12.5. The summed E-state index contributed by atoms with van der Waals surface area (Å²) in [4.78, 5) is 49.3. The lowest BCUT2D eigenvalue weighted by atomic mass is 9.88. The van der Waals surface area contributed by atoms with E-state index in [0.29, 0.717) is 18.5 Å². The molecule has 1 fully saturated rings. The summed E-state index contributed by atoms with van der Waals surface area (Å²) < 4.78 is 57.4. The number of hydroxylamine groups is 2. The molecule has 0 aliphatic carbocycles. The predicted molar refractivity (Wildman–Crippen MR) is 142 cm³/mol. The quantitative estimate of drug-likeness (QED) is 0.153. The van der Waals surface area contributed by atoms with Crippen LogP contribution in [0.5, 0.6) is 5.75 Å². The standard InChI is InChI=1S/C12H12F4O2.C10H15NO3.C6H13NO2/c1-5-6(13)8(15)9(16)10(7(5)14)18-11(17)12(2,3)4;1-7-5-6-8(12)11(7)14-9(13)10(2,3)4;1-6(2,3)4(7)5(8)9/h1-4H3;1,5-6H2,2-4H3;4H,7H2,1-3H3,(H,8,9). The van der Waals surface area contributed by atoms with Gasteiger partial charge in [-0.05, 0) is 60.3 Å². The van der Waals surface area contributed by atoms with Crippen LogP contribution in [0.1, 0.15) is 80.7 Å². The summed E-state index contributed by atoms with van der Waals surface area (Å²) in [6.45, 7) is 19.5. The molecule has 232 valence electrons. The van der Waals surface area contributed by atoms with Crippen molar-refractivity contribution in [1.29, 1.82) is 0 Å². The fraction of sp³-hybridized carbons (Fsp3) is 0.571. The van der Waals surface area contributed by atoms with Gasteiger partial charge in [0.25, 0.3) is 5.91 Å². The molecular weight excluding hydrogens is 552 g/mol. The molecule has 1 atom stereocenters. The number of nitrogens with two attached hydrogens (primary N) is 1. The third kappa shape index (κ3) is 10.8. The molecule has 3 N–H and O–H groups in total. The highest BCUT2D eigenvalue weighted by Crippen LogP contribution is 2.31. The van der Waals surface area contributed by atoms with Crippen molar-refractivity contribution in [2.75, 3.05) is 0 Å². The van der Waals surface area contributed by atoms with E-state index < -0.39 is 69.4 Å². The summed E-state index contributed by atoms with van der Waals surface area (Å²) in [5.74, 6) is -10.5. The summed E-state index contributed by atoms with van der Waals surface area (Å²) in [7, 11) is 0. The first-order chi connectivity index (χ1) is 18.2. The van der Waals surface area contributed by atoms with Crippen LogP contribution in [-0.2, 0) is 24.0 Å². The number of carboxylic acid groups (broad SMARTS) is 1. The molecule has 1 aromatic carbocycles. The second kappa shape index (κ2) is 13.9. The maximum absolute atomic E-state index is 13.5. The van der Waals surface area contributed by atoms with E-state index in [4.69, 9.17) is 15.7 Å².